The minimum Gasteiger partial charge on any atom is -0.480 e. The van der Waals surface area contributed by atoms with Crippen molar-refractivity contribution in [3.8, 4) is 5.88 Å². The summed E-state index contributed by atoms with van der Waals surface area (Å²) in [5.41, 5.74) is 3.60. The van der Waals surface area contributed by atoms with Crippen molar-refractivity contribution < 1.29 is 4.74 Å². The summed E-state index contributed by atoms with van der Waals surface area (Å²) in [6, 6.07) is 0. The van der Waals surface area contributed by atoms with Gasteiger partial charge >= 0.3 is 0 Å². The van der Waals surface area contributed by atoms with E-state index in [-0.39, 0.29) is 0 Å². The van der Waals surface area contributed by atoms with Crippen molar-refractivity contribution >= 4 is 5.65 Å². The van der Waals surface area contributed by atoms with Crippen LogP contribution in [0, 0.1) is 6.92 Å². The average molecular weight is 274 g/mol. The molecule has 1 fully saturated rings. The zero-order valence-electron chi connectivity index (χ0n) is 12.7. The monoisotopic (exact) mass is 274 g/mol. The fourth-order valence-corrected chi connectivity index (χ4v) is 3.64. The molecule has 5 heteroatoms. The van der Waals surface area contributed by atoms with Crippen LogP contribution in [0.5, 0.6) is 5.88 Å². The molecule has 2 aromatic rings. The van der Waals surface area contributed by atoms with Gasteiger partial charge in [0.05, 0.1) is 7.11 Å². The van der Waals surface area contributed by atoms with Crippen molar-refractivity contribution in [2.45, 2.75) is 58.3 Å². The van der Waals surface area contributed by atoms with Gasteiger partial charge in [-0.25, -0.2) is 0 Å². The second-order valence-electron chi connectivity index (χ2n) is 5.37. The molecular formula is C15H22N4O. The molecule has 3 aliphatic rings. The molecule has 2 bridgehead atoms. The minimum atomic E-state index is 0.606. The second-order valence-corrected chi connectivity index (χ2v) is 5.37. The predicted octanol–water partition coefficient (Wildman–Crippen LogP) is 3.22. The second kappa shape index (κ2) is 5.04. The van der Waals surface area contributed by atoms with Crippen LogP contribution in [0.25, 0.3) is 5.65 Å². The van der Waals surface area contributed by atoms with E-state index in [1.807, 2.05) is 25.3 Å². The van der Waals surface area contributed by atoms with Gasteiger partial charge in [0.1, 0.15) is 0 Å². The van der Waals surface area contributed by atoms with Gasteiger partial charge in [0.2, 0.25) is 5.88 Å². The van der Waals surface area contributed by atoms with Crippen molar-refractivity contribution in [3.05, 3.63) is 17.0 Å². The molecule has 2 heterocycles. The van der Waals surface area contributed by atoms with Crippen LogP contribution in [0.4, 0.5) is 0 Å². The third kappa shape index (κ3) is 1.72. The SMILES string of the molecule is CC.COc1nn2c(C)nnc2c2c1C1CCC2CC1. The van der Waals surface area contributed by atoms with Crippen LogP contribution >= 0.6 is 0 Å². The molecule has 0 N–H and O–H groups in total. The number of methoxy groups -OCH3 is 1. The lowest BCUT2D eigenvalue weighted by molar-refractivity contribution is 0.324. The first-order chi connectivity index (χ1) is 9.79. The summed E-state index contributed by atoms with van der Waals surface area (Å²) in [6.45, 7) is 5.93. The number of ether oxygens (including phenoxy) is 1. The summed E-state index contributed by atoms with van der Waals surface area (Å²) >= 11 is 0. The highest BCUT2D eigenvalue weighted by Gasteiger charge is 2.38. The van der Waals surface area contributed by atoms with Gasteiger partial charge in [-0.1, -0.05) is 13.8 Å². The Morgan fingerprint density at radius 2 is 1.60 bits per heavy atom. The summed E-state index contributed by atoms with van der Waals surface area (Å²) in [4.78, 5) is 0. The van der Waals surface area contributed by atoms with Gasteiger partial charge < -0.3 is 4.74 Å². The smallest absolute Gasteiger partial charge is 0.235 e. The maximum absolute atomic E-state index is 5.51. The molecule has 0 spiro atoms. The molecule has 1 saturated carbocycles. The quantitative estimate of drug-likeness (QED) is 0.801. The zero-order valence-corrected chi connectivity index (χ0v) is 12.7. The average Bonchev–Trinajstić information content (AvgIpc) is 2.91. The first kappa shape index (κ1) is 13.3. The van der Waals surface area contributed by atoms with Gasteiger partial charge in [-0.05, 0) is 44.4 Å². The first-order valence-corrected chi connectivity index (χ1v) is 7.59. The van der Waals surface area contributed by atoms with Crippen LogP contribution < -0.4 is 4.74 Å². The van der Waals surface area contributed by atoms with Crippen LogP contribution in [0.15, 0.2) is 0 Å². The number of rotatable bonds is 1. The molecule has 0 radical (unpaired) electrons. The molecule has 5 rings (SSSR count). The molecule has 0 aromatic carbocycles. The van der Waals surface area contributed by atoms with Crippen LogP contribution in [0.1, 0.15) is 68.3 Å². The molecule has 0 unspecified atom stereocenters. The summed E-state index contributed by atoms with van der Waals surface area (Å²) in [6.07, 6.45) is 5.07. The predicted molar refractivity (Wildman–Crippen MR) is 77.4 cm³/mol. The van der Waals surface area contributed by atoms with E-state index in [1.54, 1.807) is 7.11 Å². The van der Waals surface area contributed by atoms with E-state index in [1.165, 1.54) is 36.8 Å². The lowest BCUT2D eigenvalue weighted by Crippen LogP contribution is -2.24. The van der Waals surface area contributed by atoms with Crippen LogP contribution in [-0.2, 0) is 0 Å². The highest BCUT2D eigenvalue weighted by atomic mass is 16.5. The van der Waals surface area contributed by atoms with E-state index in [2.05, 4.69) is 15.3 Å². The first-order valence-electron chi connectivity index (χ1n) is 7.59. The fourth-order valence-electron chi connectivity index (χ4n) is 3.64. The van der Waals surface area contributed by atoms with Gasteiger partial charge in [-0.2, -0.15) is 4.52 Å². The lowest BCUT2D eigenvalue weighted by Gasteiger charge is -2.38. The summed E-state index contributed by atoms with van der Waals surface area (Å²) < 4.78 is 7.34. The van der Waals surface area contributed by atoms with E-state index < -0.39 is 0 Å². The van der Waals surface area contributed by atoms with E-state index in [9.17, 15) is 0 Å². The van der Waals surface area contributed by atoms with E-state index in [0.29, 0.717) is 11.8 Å². The van der Waals surface area contributed by atoms with Crippen molar-refractivity contribution in [3.63, 3.8) is 0 Å². The number of hydrogen-bond donors (Lipinski definition) is 0. The third-order valence-electron chi connectivity index (χ3n) is 4.49. The Morgan fingerprint density at radius 1 is 1.00 bits per heavy atom. The molecule has 2 aromatic heterocycles. The lowest BCUT2D eigenvalue weighted by atomic mass is 9.67. The molecule has 108 valence electrons. The minimum absolute atomic E-state index is 0.606. The molecular weight excluding hydrogens is 252 g/mol. The van der Waals surface area contributed by atoms with E-state index >= 15 is 0 Å². The number of fused-ring (bicyclic) bond motifs is 3. The maximum atomic E-state index is 5.51. The molecule has 0 aliphatic heterocycles. The Kier molecular flexibility index (Phi) is 3.36. The van der Waals surface area contributed by atoms with Gasteiger partial charge in [-0.3, -0.25) is 0 Å². The van der Waals surface area contributed by atoms with Gasteiger partial charge in [-0.15, -0.1) is 15.3 Å². The Balaban J connectivity index is 0.000000581. The number of aromatic nitrogens is 4. The number of hydrogen-bond acceptors (Lipinski definition) is 4. The third-order valence-corrected chi connectivity index (χ3v) is 4.49. The number of nitrogens with zero attached hydrogens (tertiary/aromatic N) is 4. The van der Waals surface area contributed by atoms with Gasteiger partial charge in [0.15, 0.2) is 11.5 Å². The van der Waals surface area contributed by atoms with E-state index in [4.69, 9.17) is 4.74 Å². The van der Waals surface area contributed by atoms with Crippen LogP contribution in [0.2, 0.25) is 0 Å². The Labute approximate surface area is 119 Å². The zero-order chi connectivity index (χ0) is 14.3. The Morgan fingerprint density at radius 3 is 2.20 bits per heavy atom. The fraction of sp³-hybridized carbons (Fsp3) is 0.667. The highest BCUT2D eigenvalue weighted by Crippen LogP contribution is 2.52. The summed E-state index contributed by atoms with van der Waals surface area (Å²) in [5.74, 6) is 2.82. The topological polar surface area (TPSA) is 52.3 Å². The largest absolute Gasteiger partial charge is 0.480 e. The van der Waals surface area contributed by atoms with Gasteiger partial charge in [0.25, 0.3) is 0 Å². The van der Waals surface area contributed by atoms with Crippen LogP contribution in [-0.4, -0.2) is 26.9 Å². The molecule has 0 saturated heterocycles. The normalized spacial score (nSPS) is 23.2. The Bertz CT molecular complexity index is 626. The molecule has 0 atom stereocenters. The van der Waals surface area contributed by atoms with Crippen molar-refractivity contribution in [1.82, 2.24) is 19.8 Å². The highest BCUT2D eigenvalue weighted by molar-refractivity contribution is 5.59. The van der Waals surface area contributed by atoms with Gasteiger partial charge in [0, 0.05) is 11.1 Å². The van der Waals surface area contributed by atoms with Crippen molar-refractivity contribution in [1.29, 1.82) is 0 Å². The Hall–Kier alpha value is -1.65. The number of aryl methyl sites for hydroxylation is 1. The summed E-state index contributed by atoms with van der Waals surface area (Å²) in [7, 11) is 1.70. The molecule has 20 heavy (non-hydrogen) atoms. The standard InChI is InChI=1S/C13H16N4O.C2H6/c1-7-14-15-12-10-8-3-5-9(6-4-8)11(10)13(18-2)16-17(7)12;1-2/h8-9H,3-6H2,1-2H3;1-2H3. The maximum Gasteiger partial charge on any atom is 0.235 e. The van der Waals surface area contributed by atoms with Crippen LogP contribution in [0.3, 0.4) is 0 Å². The molecule has 5 nitrogen and oxygen atoms in total. The van der Waals surface area contributed by atoms with E-state index in [0.717, 1.165) is 17.4 Å². The summed E-state index contributed by atoms with van der Waals surface area (Å²) in [5, 5.41) is 13.0. The van der Waals surface area contributed by atoms with Crippen molar-refractivity contribution in [2.75, 3.05) is 7.11 Å². The molecule has 0 amide bonds. The molecule has 3 aliphatic carbocycles. The van der Waals surface area contributed by atoms with Crippen molar-refractivity contribution in [2.24, 2.45) is 0 Å².